The van der Waals surface area contributed by atoms with E-state index in [0.29, 0.717) is 11.7 Å². The minimum Gasteiger partial charge on any atom is -0.348 e. The van der Waals surface area contributed by atoms with Crippen molar-refractivity contribution in [1.29, 1.82) is 0 Å². The predicted octanol–water partition coefficient (Wildman–Crippen LogP) is 2.87. The van der Waals surface area contributed by atoms with E-state index in [1.165, 1.54) is 31.1 Å². The van der Waals surface area contributed by atoms with Gasteiger partial charge in [0.25, 0.3) is 0 Å². The van der Waals surface area contributed by atoms with Crippen LogP contribution < -0.4 is 4.72 Å². The van der Waals surface area contributed by atoms with Crippen LogP contribution in [0.25, 0.3) is 0 Å². The summed E-state index contributed by atoms with van der Waals surface area (Å²) in [5.41, 5.74) is 2.10. The van der Waals surface area contributed by atoms with E-state index in [-0.39, 0.29) is 5.41 Å². The molecule has 140 valence electrons. The molecule has 2 unspecified atom stereocenters. The molecule has 2 bridgehead atoms. The monoisotopic (exact) mass is 374 g/mol. The topological polar surface area (TPSA) is 78.1 Å². The number of aromatic amines is 1. The molecule has 4 rings (SSSR count). The number of nitrogens with zero attached hydrogens (tertiary/aromatic N) is 2. The Hall–Kier alpha value is -1.86. The third-order valence-electron chi connectivity index (χ3n) is 5.90. The number of imidazole rings is 1. The highest BCUT2D eigenvalue weighted by Crippen LogP contribution is 2.47. The van der Waals surface area contributed by atoms with Gasteiger partial charge in [-0.25, -0.2) is 13.4 Å². The molecule has 0 spiro atoms. The third-order valence-corrected chi connectivity index (χ3v) is 6.51. The van der Waals surface area contributed by atoms with Gasteiger partial charge in [-0.05, 0) is 55.3 Å². The molecule has 26 heavy (non-hydrogen) atoms. The number of fused-ring (bicyclic) bond motifs is 2. The highest BCUT2D eigenvalue weighted by molar-refractivity contribution is 7.92. The summed E-state index contributed by atoms with van der Waals surface area (Å²) in [6.45, 7) is 1.93. The molecular weight excluding hydrogens is 348 g/mol. The van der Waals surface area contributed by atoms with Crippen molar-refractivity contribution in [2.24, 2.45) is 0 Å². The van der Waals surface area contributed by atoms with Crippen molar-refractivity contribution in [2.45, 2.75) is 50.1 Å². The zero-order valence-corrected chi connectivity index (χ0v) is 15.9. The van der Waals surface area contributed by atoms with E-state index in [9.17, 15) is 8.42 Å². The summed E-state index contributed by atoms with van der Waals surface area (Å²) >= 11 is 0. The van der Waals surface area contributed by atoms with Crippen LogP contribution in [0.2, 0.25) is 0 Å². The first-order valence-electron chi connectivity index (χ1n) is 9.24. The van der Waals surface area contributed by atoms with Crippen molar-refractivity contribution in [3.05, 3.63) is 48.0 Å². The molecule has 0 amide bonds. The minimum absolute atomic E-state index is 0.164. The third kappa shape index (κ3) is 3.64. The molecule has 2 aliphatic rings. The number of rotatable bonds is 5. The van der Waals surface area contributed by atoms with Crippen molar-refractivity contribution in [3.8, 4) is 0 Å². The fraction of sp³-hybridized carbons (Fsp3) is 0.526. The number of nitrogens with one attached hydrogen (secondary N) is 2. The second kappa shape index (κ2) is 6.70. The summed E-state index contributed by atoms with van der Waals surface area (Å²) < 4.78 is 25.8. The first kappa shape index (κ1) is 17.5. The molecular formula is C19H26N4O2S. The maximum Gasteiger partial charge on any atom is 0.229 e. The van der Waals surface area contributed by atoms with E-state index in [2.05, 4.69) is 25.7 Å². The zero-order chi connectivity index (χ0) is 18.2. The van der Waals surface area contributed by atoms with Gasteiger partial charge in [-0.1, -0.05) is 18.6 Å². The van der Waals surface area contributed by atoms with Gasteiger partial charge in [0.1, 0.15) is 5.82 Å². The summed E-state index contributed by atoms with van der Waals surface area (Å²) in [7, 11) is -3.25. The first-order chi connectivity index (χ1) is 12.4. The van der Waals surface area contributed by atoms with Crippen LogP contribution in [0, 0.1) is 0 Å². The lowest BCUT2D eigenvalue weighted by atomic mass is 9.63. The van der Waals surface area contributed by atoms with E-state index < -0.39 is 10.0 Å². The molecule has 1 saturated heterocycles. The number of likely N-dealkylation sites (tertiary alicyclic amines) is 1. The fourth-order valence-electron chi connectivity index (χ4n) is 4.73. The van der Waals surface area contributed by atoms with Gasteiger partial charge >= 0.3 is 0 Å². The number of anilines is 1. The van der Waals surface area contributed by atoms with E-state index in [1.807, 2.05) is 30.6 Å². The highest BCUT2D eigenvalue weighted by Gasteiger charge is 2.43. The standard InChI is InChI=1S/C19H26N4O2S/c1-26(24,25)22-16-5-2-4-15(12-16)19-7-3-6-17(13-19)23(11-8-19)14-18-20-9-10-21-18/h2,4-5,9-10,12,17,22H,3,6-8,11,13-14H2,1H3,(H,20,21). The van der Waals surface area contributed by atoms with Gasteiger partial charge in [0.15, 0.2) is 0 Å². The summed E-state index contributed by atoms with van der Waals surface area (Å²) in [6.07, 6.45) is 10.7. The van der Waals surface area contributed by atoms with Crippen LogP contribution in [-0.2, 0) is 22.0 Å². The molecule has 7 heteroatoms. The maximum atomic E-state index is 11.6. The Morgan fingerprint density at radius 1 is 1.38 bits per heavy atom. The molecule has 0 radical (unpaired) electrons. The van der Waals surface area contributed by atoms with Crippen molar-refractivity contribution in [1.82, 2.24) is 14.9 Å². The van der Waals surface area contributed by atoms with Crippen LogP contribution in [-0.4, -0.2) is 42.1 Å². The van der Waals surface area contributed by atoms with Crippen molar-refractivity contribution < 1.29 is 8.42 Å². The summed E-state index contributed by atoms with van der Waals surface area (Å²) in [5, 5.41) is 0. The van der Waals surface area contributed by atoms with Gasteiger partial charge in [0.2, 0.25) is 10.0 Å². The molecule has 2 fully saturated rings. The van der Waals surface area contributed by atoms with Crippen LogP contribution >= 0.6 is 0 Å². The molecule has 1 saturated carbocycles. The summed E-state index contributed by atoms with van der Waals surface area (Å²) in [6, 6.07) is 8.56. The van der Waals surface area contributed by atoms with E-state index in [4.69, 9.17) is 0 Å². The maximum absolute atomic E-state index is 11.6. The zero-order valence-electron chi connectivity index (χ0n) is 15.1. The molecule has 1 aromatic heterocycles. The lowest BCUT2D eigenvalue weighted by Gasteiger charge is -2.50. The van der Waals surface area contributed by atoms with Crippen LogP contribution in [0.4, 0.5) is 5.69 Å². The molecule has 6 nitrogen and oxygen atoms in total. The van der Waals surface area contributed by atoms with Crippen molar-refractivity contribution in [2.75, 3.05) is 17.5 Å². The molecule has 2 aromatic rings. The Kier molecular flexibility index (Phi) is 4.52. The quantitative estimate of drug-likeness (QED) is 0.844. The van der Waals surface area contributed by atoms with Crippen LogP contribution in [0.1, 0.15) is 43.5 Å². The Balaban J connectivity index is 1.55. The normalized spacial score (nSPS) is 26.6. The first-order valence-corrected chi connectivity index (χ1v) is 11.1. The lowest BCUT2D eigenvalue weighted by molar-refractivity contribution is 0.0442. The molecule has 1 aliphatic carbocycles. The Morgan fingerprint density at radius 2 is 2.27 bits per heavy atom. The Morgan fingerprint density at radius 3 is 3.04 bits per heavy atom. The smallest absolute Gasteiger partial charge is 0.229 e. The van der Waals surface area contributed by atoms with Crippen LogP contribution in [0.15, 0.2) is 36.7 Å². The van der Waals surface area contributed by atoms with Gasteiger partial charge < -0.3 is 4.98 Å². The van der Waals surface area contributed by atoms with E-state index in [1.54, 1.807) is 0 Å². The van der Waals surface area contributed by atoms with E-state index >= 15 is 0 Å². The number of hydrogen-bond acceptors (Lipinski definition) is 4. The SMILES string of the molecule is CS(=O)(=O)Nc1cccc(C23CCCC(C2)N(Cc2ncc[nH]2)CC3)c1. The predicted molar refractivity (Wildman–Crippen MR) is 102 cm³/mol. The Labute approximate surface area is 155 Å². The molecule has 1 aromatic carbocycles. The number of hydrogen-bond donors (Lipinski definition) is 2. The summed E-state index contributed by atoms with van der Waals surface area (Å²) in [5.74, 6) is 1.03. The number of benzene rings is 1. The second-order valence-corrected chi connectivity index (χ2v) is 9.49. The van der Waals surface area contributed by atoms with Gasteiger partial charge in [-0.3, -0.25) is 9.62 Å². The van der Waals surface area contributed by atoms with Crippen LogP contribution in [0.3, 0.4) is 0 Å². The molecule has 2 N–H and O–H groups in total. The average molecular weight is 375 g/mol. The van der Waals surface area contributed by atoms with Gasteiger partial charge in [-0.15, -0.1) is 0 Å². The minimum atomic E-state index is -3.25. The Bertz CT molecular complexity index is 865. The van der Waals surface area contributed by atoms with E-state index in [0.717, 1.165) is 31.8 Å². The molecule has 2 atom stereocenters. The van der Waals surface area contributed by atoms with Gasteiger partial charge in [0.05, 0.1) is 12.8 Å². The highest BCUT2D eigenvalue weighted by atomic mass is 32.2. The number of H-pyrrole nitrogens is 1. The lowest BCUT2D eigenvalue weighted by Crippen LogP contribution is -2.51. The van der Waals surface area contributed by atoms with Gasteiger partial charge in [-0.2, -0.15) is 0 Å². The second-order valence-electron chi connectivity index (χ2n) is 7.74. The summed E-state index contributed by atoms with van der Waals surface area (Å²) in [4.78, 5) is 10.1. The van der Waals surface area contributed by atoms with Crippen molar-refractivity contribution in [3.63, 3.8) is 0 Å². The number of piperidine rings is 1. The van der Waals surface area contributed by atoms with Crippen molar-refractivity contribution >= 4 is 15.7 Å². The fourth-order valence-corrected chi connectivity index (χ4v) is 5.28. The molecule has 1 aliphatic heterocycles. The molecule has 2 heterocycles. The van der Waals surface area contributed by atoms with Gasteiger partial charge in [0, 0.05) is 24.1 Å². The number of aromatic nitrogens is 2. The number of sulfonamides is 1. The largest absolute Gasteiger partial charge is 0.348 e. The van der Waals surface area contributed by atoms with Crippen LogP contribution in [0.5, 0.6) is 0 Å². The average Bonchev–Trinajstić information content (AvgIpc) is 3.10.